The lowest BCUT2D eigenvalue weighted by Gasteiger charge is -2.27. The Morgan fingerprint density at radius 3 is 2.75 bits per heavy atom. The standard InChI is InChI=1S/C24H23N7O/c1-15-6-7-26-12-19(15)21-10-16-11-22(28-13-20(16)24(25)30-21)29-17-2-4-18(5-3-17)31-9-8-27-14-23(31)32/h2-7,10-13,27H,8-9,14H2,1H3,(H2,25,30)(H,28,29). The summed E-state index contributed by atoms with van der Waals surface area (Å²) in [7, 11) is 0. The van der Waals surface area contributed by atoms with Gasteiger partial charge >= 0.3 is 0 Å². The van der Waals surface area contributed by atoms with E-state index in [1.165, 1.54) is 0 Å². The van der Waals surface area contributed by atoms with Crippen LogP contribution in [0.25, 0.3) is 22.0 Å². The molecular formula is C24H23N7O. The van der Waals surface area contributed by atoms with Gasteiger partial charge in [-0.15, -0.1) is 0 Å². The lowest BCUT2D eigenvalue weighted by atomic mass is 10.1. The Labute approximate surface area is 185 Å². The highest BCUT2D eigenvalue weighted by Gasteiger charge is 2.19. The summed E-state index contributed by atoms with van der Waals surface area (Å²) >= 11 is 0. The molecule has 4 N–H and O–H groups in total. The summed E-state index contributed by atoms with van der Waals surface area (Å²) in [6.45, 7) is 3.87. The number of hydrogen-bond donors (Lipinski definition) is 3. The average Bonchev–Trinajstić information content (AvgIpc) is 2.80. The first-order chi connectivity index (χ1) is 15.6. The number of amides is 1. The zero-order valence-corrected chi connectivity index (χ0v) is 17.7. The smallest absolute Gasteiger partial charge is 0.240 e. The molecule has 1 fully saturated rings. The van der Waals surface area contributed by atoms with Crippen LogP contribution < -0.4 is 21.3 Å². The number of piperazine rings is 1. The molecule has 160 valence electrons. The van der Waals surface area contributed by atoms with Crippen molar-refractivity contribution in [1.29, 1.82) is 0 Å². The number of rotatable bonds is 4. The molecule has 1 aliphatic rings. The quantitative estimate of drug-likeness (QED) is 0.460. The summed E-state index contributed by atoms with van der Waals surface area (Å²) in [5.41, 5.74) is 10.8. The highest BCUT2D eigenvalue weighted by atomic mass is 16.2. The van der Waals surface area contributed by atoms with Crippen LogP contribution in [0, 0.1) is 6.92 Å². The Morgan fingerprint density at radius 1 is 1.12 bits per heavy atom. The minimum absolute atomic E-state index is 0.0824. The molecule has 0 atom stereocenters. The maximum atomic E-state index is 12.1. The van der Waals surface area contributed by atoms with Crippen LogP contribution in [0.2, 0.25) is 0 Å². The van der Waals surface area contributed by atoms with E-state index in [9.17, 15) is 4.79 Å². The zero-order valence-electron chi connectivity index (χ0n) is 17.7. The summed E-state index contributed by atoms with van der Waals surface area (Å²) in [4.78, 5) is 27.1. The van der Waals surface area contributed by atoms with Gasteiger partial charge < -0.3 is 21.3 Å². The predicted octanol–water partition coefficient (Wildman–Crippen LogP) is 3.26. The van der Waals surface area contributed by atoms with Crippen LogP contribution in [0.15, 0.2) is 61.1 Å². The topological polar surface area (TPSA) is 109 Å². The second kappa shape index (κ2) is 8.24. The molecule has 1 aromatic carbocycles. The van der Waals surface area contributed by atoms with Gasteiger partial charge in [-0.2, -0.15) is 0 Å². The Kier molecular flexibility index (Phi) is 5.12. The summed E-state index contributed by atoms with van der Waals surface area (Å²) in [5, 5.41) is 8.15. The van der Waals surface area contributed by atoms with Crippen LogP contribution in [0.3, 0.4) is 0 Å². The lowest BCUT2D eigenvalue weighted by Crippen LogP contribution is -2.48. The molecular weight excluding hydrogens is 402 g/mol. The molecule has 1 saturated heterocycles. The van der Waals surface area contributed by atoms with Crippen LogP contribution >= 0.6 is 0 Å². The van der Waals surface area contributed by atoms with Crippen molar-refractivity contribution in [2.24, 2.45) is 0 Å². The molecule has 0 unspecified atom stereocenters. The van der Waals surface area contributed by atoms with E-state index in [0.717, 1.165) is 45.5 Å². The molecule has 3 aromatic heterocycles. The first-order valence-corrected chi connectivity index (χ1v) is 10.4. The first kappa shape index (κ1) is 19.9. The fraction of sp³-hybridized carbons (Fsp3) is 0.167. The number of benzene rings is 1. The molecule has 0 aliphatic carbocycles. The maximum Gasteiger partial charge on any atom is 0.240 e. The number of nitrogens with two attached hydrogens (primary N) is 1. The third-order valence-corrected chi connectivity index (χ3v) is 5.60. The van der Waals surface area contributed by atoms with E-state index in [1.54, 1.807) is 23.5 Å². The zero-order chi connectivity index (χ0) is 22.1. The van der Waals surface area contributed by atoms with E-state index in [1.807, 2.05) is 49.4 Å². The SMILES string of the molecule is Cc1ccncc1-c1cc2cc(Nc3ccc(N4CCNCC4=O)cc3)ncc2c(N)n1. The average molecular weight is 425 g/mol. The molecule has 1 amide bonds. The number of aromatic nitrogens is 3. The van der Waals surface area contributed by atoms with Gasteiger partial charge in [0.05, 0.1) is 12.2 Å². The van der Waals surface area contributed by atoms with Crippen molar-refractivity contribution in [3.63, 3.8) is 0 Å². The monoisotopic (exact) mass is 425 g/mol. The Hall–Kier alpha value is -4.04. The van der Waals surface area contributed by atoms with E-state index in [2.05, 4.69) is 25.6 Å². The summed E-state index contributed by atoms with van der Waals surface area (Å²) in [6, 6.07) is 13.7. The Bertz CT molecular complexity index is 1300. The van der Waals surface area contributed by atoms with Gasteiger partial charge in [0, 0.05) is 54.0 Å². The van der Waals surface area contributed by atoms with Crippen molar-refractivity contribution in [1.82, 2.24) is 20.3 Å². The molecule has 0 radical (unpaired) electrons. The van der Waals surface area contributed by atoms with Gasteiger partial charge in [0.2, 0.25) is 5.91 Å². The summed E-state index contributed by atoms with van der Waals surface area (Å²) in [5.74, 6) is 1.21. The van der Waals surface area contributed by atoms with Crippen LogP contribution in [0.1, 0.15) is 5.56 Å². The fourth-order valence-electron chi connectivity index (χ4n) is 3.86. The second-order valence-corrected chi connectivity index (χ2v) is 7.77. The van der Waals surface area contributed by atoms with E-state index >= 15 is 0 Å². The fourth-order valence-corrected chi connectivity index (χ4v) is 3.86. The van der Waals surface area contributed by atoms with Crippen molar-refractivity contribution in [2.75, 3.05) is 35.6 Å². The number of aryl methyl sites for hydroxylation is 1. The Balaban J connectivity index is 1.42. The van der Waals surface area contributed by atoms with E-state index in [4.69, 9.17) is 5.73 Å². The predicted molar refractivity (Wildman–Crippen MR) is 127 cm³/mol. The van der Waals surface area contributed by atoms with Crippen molar-refractivity contribution in [3.05, 3.63) is 66.6 Å². The number of pyridine rings is 3. The van der Waals surface area contributed by atoms with Crippen molar-refractivity contribution in [2.45, 2.75) is 6.92 Å². The number of nitrogens with zero attached hydrogens (tertiary/aromatic N) is 4. The number of carbonyl (C=O) groups excluding carboxylic acids is 1. The first-order valence-electron chi connectivity index (χ1n) is 10.4. The number of fused-ring (bicyclic) bond motifs is 1. The van der Waals surface area contributed by atoms with Crippen molar-refractivity contribution in [3.8, 4) is 11.3 Å². The molecule has 0 bridgehead atoms. The van der Waals surface area contributed by atoms with Gasteiger partial charge in [-0.1, -0.05) is 0 Å². The van der Waals surface area contributed by atoms with Gasteiger partial charge in [0.25, 0.3) is 0 Å². The van der Waals surface area contributed by atoms with E-state index < -0.39 is 0 Å². The van der Waals surface area contributed by atoms with Crippen molar-refractivity contribution >= 4 is 39.7 Å². The van der Waals surface area contributed by atoms with Gasteiger partial charge in [0.15, 0.2) is 0 Å². The Morgan fingerprint density at radius 2 is 1.97 bits per heavy atom. The molecule has 8 nitrogen and oxygen atoms in total. The van der Waals surface area contributed by atoms with E-state index in [-0.39, 0.29) is 5.91 Å². The van der Waals surface area contributed by atoms with Gasteiger partial charge in [0.1, 0.15) is 11.6 Å². The normalized spacial score (nSPS) is 14.0. The lowest BCUT2D eigenvalue weighted by molar-refractivity contribution is -0.118. The molecule has 8 heteroatoms. The number of anilines is 4. The highest BCUT2D eigenvalue weighted by molar-refractivity contribution is 5.96. The van der Waals surface area contributed by atoms with Gasteiger partial charge in [-0.25, -0.2) is 9.97 Å². The molecule has 1 aliphatic heterocycles. The van der Waals surface area contributed by atoms with Crippen LogP contribution in [-0.2, 0) is 4.79 Å². The van der Waals surface area contributed by atoms with Crippen LogP contribution in [0.5, 0.6) is 0 Å². The number of nitrogen functional groups attached to an aromatic ring is 1. The minimum atomic E-state index is 0.0824. The van der Waals surface area contributed by atoms with Gasteiger partial charge in [-0.3, -0.25) is 9.78 Å². The van der Waals surface area contributed by atoms with Crippen LogP contribution in [-0.4, -0.2) is 40.5 Å². The third kappa shape index (κ3) is 3.83. The minimum Gasteiger partial charge on any atom is -0.383 e. The highest BCUT2D eigenvalue weighted by Crippen LogP contribution is 2.29. The van der Waals surface area contributed by atoms with Crippen molar-refractivity contribution < 1.29 is 4.79 Å². The number of carbonyl (C=O) groups is 1. The summed E-state index contributed by atoms with van der Waals surface area (Å²) in [6.07, 6.45) is 5.29. The molecule has 32 heavy (non-hydrogen) atoms. The molecule has 4 heterocycles. The second-order valence-electron chi connectivity index (χ2n) is 7.77. The maximum absolute atomic E-state index is 12.1. The third-order valence-electron chi connectivity index (χ3n) is 5.60. The van der Waals surface area contributed by atoms with Crippen LogP contribution in [0.4, 0.5) is 23.0 Å². The summed E-state index contributed by atoms with van der Waals surface area (Å²) < 4.78 is 0. The number of hydrogen-bond acceptors (Lipinski definition) is 7. The van der Waals surface area contributed by atoms with E-state index in [0.29, 0.717) is 24.7 Å². The molecule has 0 spiro atoms. The largest absolute Gasteiger partial charge is 0.383 e. The molecule has 4 aromatic rings. The van der Waals surface area contributed by atoms with Gasteiger partial charge in [-0.05, 0) is 60.3 Å². The molecule has 5 rings (SSSR count). The molecule has 0 saturated carbocycles. The number of nitrogens with one attached hydrogen (secondary N) is 2.